The normalized spacial score (nSPS) is 14.9. The first-order valence-electron chi connectivity index (χ1n) is 9.98. The predicted molar refractivity (Wildman–Crippen MR) is 118 cm³/mol. The minimum absolute atomic E-state index is 0.203. The number of carbonyl (C=O) groups is 3. The molecule has 0 fully saturated rings. The lowest BCUT2D eigenvalue weighted by Crippen LogP contribution is -2.24. The van der Waals surface area contributed by atoms with E-state index in [4.69, 9.17) is 9.47 Å². The lowest BCUT2D eigenvalue weighted by Gasteiger charge is -2.19. The number of anilines is 1. The molecular weight excluding hydrogens is 394 g/mol. The van der Waals surface area contributed by atoms with Gasteiger partial charge in [-0.15, -0.1) is 0 Å². The second kappa shape index (κ2) is 9.00. The third-order valence-corrected chi connectivity index (χ3v) is 5.27. The molecule has 0 radical (unpaired) electrons. The van der Waals surface area contributed by atoms with Crippen LogP contribution in [0.15, 0.2) is 59.3 Å². The summed E-state index contributed by atoms with van der Waals surface area (Å²) >= 11 is 0. The molecule has 3 rings (SSSR count). The first-order chi connectivity index (χ1) is 14.8. The number of benzene rings is 2. The van der Waals surface area contributed by atoms with Crippen LogP contribution in [0.4, 0.5) is 5.69 Å². The van der Waals surface area contributed by atoms with Gasteiger partial charge >= 0.3 is 11.9 Å². The molecule has 1 aliphatic rings. The Labute approximate surface area is 181 Å². The van der Waals surface area contributed by atoms with Gasteiger partial charge in [0.15, 0.2) is 0 Å². The van der Waals surface area contributed by atoms with Gasteiger partial charge in [-0.1, -0.05) is 18.2 Å². The van der Waals surface area contributed by atoms with Gasteiger partial charge in [-0.2, -0.15) is 0 Å². The summed E-state index contributed by atoms with van der Waals surface area (Å²) in [7, 11) is 1.32. The van der Waals surface area contributed by atoms with Gasteiger partial charge in [0.1, 0.15) is 0 Å². The maximum atomic E-state index is 13.4. The number of aryl methyl sites for hydroxylation is 2. The number of hydrogen-bond donors (Lipinski definition) is 0. The van der Waals surface area contributed by atoms with Crippen LogP contribution < -0.4 is 4.90 Å². The summed E-state index contributed by atoms with van der Waals surface area (Å²) in [5.41, 5.74) is 4.93. The van der Waals surface area contributed by atoms with Crippen molar-refractivity contribution < 1.29 is 23.9 Å². The number of amides is 1. The second-order valence-corrected chi connectivity index (χ2v) is 7.26. The van der Waals surface area contributed by atoms with Crippen molar-refractivity contribution >= 4 is 29.6 Å². The van der Waals surface area contributed by atoms with Crippen LogP contribution in [0.1, 0.15) is 40.9 Å². The van der Waals surface area contributed by atoms with Gasteiger partial charge in [0.05, 0.1) is 30.4 Å². The van der Waals surface area contributed by atoms with Gasteiger partial charge in [-0.25, -0.2) is 9.59 Å². The van der Waals surface area contributed by atoms with Crippen LogP contribution in [0.5, 0.6) is 0 Å². The lowest BCUT2D eigenvalue weighted by atomic mass is 10.0. The van der Waals surface area contributed by atoms with E-state index in [9.17, 15) is 14.4 Å². The van der Waals surface area contributed by atoms with Crippen LogP contribution in [0.3, 0.4) is 0 Å². The van der Waals surface area contributed by atoms with Crippen LogP contribution >= 0.6 is 0 Å². The van der Waals surface area contributed by atoms with Crippen LogP contribution in [0.25, 0.3) is 6.08 Å². The van der Waals surface area contributed by atoms with Crippen LogP contribution in [0, 0.1) is 13.8 Å². The fourth-order valence-electron chi connectivity index (χ4n) is 3.46. The molecule has 6 heteroatoms. The van der Waals surface area contributed by atoms with Crippen molar-refractivity contribution in [2.24, 2.45) is 0 Å². The number of methoxy groups -OCH3 is 1. The molecule has 2 aromatic carbocycles. The maximum Gasteiger partial charge on any atom is 0.340 e. The van der Waals surface area contributed by atoms with Gasteiger partial charge < -0.3 is 9.47 Å². The van der Waals surface area contributed by atoms with Gasteiger partial charge in [0.25, 0.3) is 5.91 Å². The second-order valence-electron chi connectivity index (χ2n) is 7.26. The van der Waals surface area contributed by atoms with Crippen LogP contribution in [0.2, 0.25) is 0 Å². The molecule has 6 nitrogen and oxygen atoms in total. The molecule has 31 heavy (non-hydrogen) atoms. The lowest BCUT2D eigenvalue weighted by molar-refractivity contribution is -0.138. The SMILES string of the molecule is CCOC(=O)C1=C(C)N(c2ccc(C)c(C)c2)C(=O)/C1=C\c1ccc(C(=O)OC)cc1. The average Bonchev–Trinajstić information content (AvgIpc) is 3.00. The summed E-state index contributed by atoms with van der Waals surface area (Å²) in [5.74, 6) is -1.29. The summed E-state index contributed by atoms with van der Waals surface area (Å²) in [6, 6.07) is 12.3. The molecule has 0 bridgehead atoms. The van der Waals surface area contributed by atoms with E-state index in [1.54, 1.807) is 44.2 Å². The van der Waals surface area contributed by atoms with Crippen molar-refractivity contribution in [1.82, 2.24) is 0 Å². The predicted octanol–water partition coefficient (Wildman–Crippen LogP) is 4.36. The Kier molecular flexibility index (Phi) is 6.39. The fourth-order valence-corrected chi connectivity index (χ4v) is 3.46. The topological polar surface area (TPSA) is 72.9 Å². The zero-order chi connectivity index (χ0) is 22.7. The molecule has 0 spiro atoms. The highest BCUT2D eigenvalue weighted by atomic mass is 16.5. The molecule has 0 atom stereocenters. The number of carbonyl (C=O) groups excluding carboxylic acids is 3. The minimum atomic E-state index is -0.544. The highest BCUT2D eigenvalue weighted by Crippen LogP contribution is 2.36. The summed E-state index contributed by atoms with van der Waals surface area (Å²) in [5, 5.41) is 0. The van der Waals surface area contributed by atoms with E-state index in [2.05, 4.69) is 0 Å². The van der Waals surface area contributed by atoms with E-state index < -0.39 is 11.9 Å². The zero-order valence-electron chi connectivity index (χ0n) is 18.3. The Balaban J connectivity index is 2.08. The van der Waals surface area contributed by atoms with Crippen molar-refractivity contribution in [3.05, 3.63) is 81.6 Å². The summed E-state index contributed by atoms with van der Waals surface area (Å²) in [4.78, 5) is 39.3. The molecule has 160 valence electrons. The van der Waals surface area contributed by atoms with Gasteiger partial charge in [0.2, 0.25) is 0 Å². The van der Waals surface area contributed by atoms with E-state index >= 15 is 0 Å². The van der Waals surface area contributed by atoms with Crippen LogP contribution in [-0.4, -0.2) is 31.6 Å². The smallest absolute Gasteiger partial charge is 0.340 e. The number of rotatable bonds is 5. The Bertz CT molecular complexity index is 1110. The Morgan fingerprint density at radius 3 is 2.23 bits per heavy atom. The third-order valence-electron chi connectivity index (χ3n) is 5.27. The number of ether oxygens (including phenoxy) is 2. The largest absolute Gasteiger partial charge is 0.465 e. The highest BCUT2D eigenvalue weighted by Gasteiger charge is 2.38. The molecule has 0 unspecified atom stereocenters. The molecule has 1 aliphatic heterocycles. The third kappa shape index (κ3) is 4.28. The van der Waals surface area contributed by atoms with E-state index in [1.165, 1.54) is 12.0 Å². The molecule has 0 N–H and O–H groups in total. The highest BCUT2D eigenvalue weighted by molar-refractivity contribution is 6.23. The molecular formula is C25H25NO5. The first kappa shape index (κ1) is 22.0. The Hall–Kier alpha value is -3.67. The van der Waals surface area contributed by atoms with Crippen molar-refractivity contribution in [3.8, 4) is 0 Å². The van der Waals surface area contributed by atoms with Gasteiger partial charge in [-0.05, 0) is 74.7 Å². The zero-order valence-corrected chi connectivity index (χ0v) is 18.3. The van der Waals surface area contributed by atoms with Crippen molar-refractivity contribution in [2.75, 3.05) is 18.6 Å². The van der Waals surface area contributed by atoms with Gasteiger partial charge in [0, 0.05) is 11.4 Å². The average molecular weight is 419 g/mol. The monoisotopic (exact) mass is 419 g/mol. The minimum Gasteiger partial charge on any atom is -0.465 e. The van der Waals surface area contributed by atoms with E-state index in [0.29, 0.717) is 22.5 Å². The number of nitrogens with zero attached hydrogens (tertiary/aromatic N) is 1. The molecule has 1 amide bonds. The van der Waals surface area contributed by atoms with Crippen LogP contribution in [-0.2, 0) is 19.1 Å². The maximum absolute atomic E-state index is 13.4. The first-order valence-corrected chi connectivity index (χ1v) is 9.98. The molecule has 0 saturated carbocycles. The molecule has 0 aliphatic carbocycles. The molecule has 2 aromatic rings. The summed E-state index contributed by atoms with van der Waals surface area (Å²) in [6.45, 7) is 7.64. The molecule has 0 aromatic heterocycles. The quantitative estimate of drug-likeness (QED) is 0.532. The Morgan fingerprint density at radius 1 is 0.968 bits per heavy atom. The van der Waals surface area contributed by atoms with E-state index in [1.807, 2.05) is 32.0 Å². The van der Waals surface area contributed by atoms with E-state index in [0.717, 1.165) is 11.1 Å². The summed E-state index contributed by atoms with van der Waals surface area (Å²) < 4.78 is 9.94. The van der Waals surface area contributed by atoms with E-state index in [-0.39, 0.29) is 23.7 Å². The number of hydrogen-bond acceptors (Lipinski definition) is 5. The molecule has 1 heterocycles. The van der Waals surface area contributed by atoms with Crippen molar-refractivity contribution in [3.63, 3.8) is 0 Å². The molecule has 0 saturated heterocycles. The van der Waals surface area contributed by atoms with Gasteiger partial charge in [-0.3, -0.25) is 9.69 Å². The standard InChI is InChI=1S/C25H25NO5/c1-6-31-25(29)22-17(4)26(20-12-7-15(2)16(3)13-20)23(27)21(22)14-18-8-10-19(11-9-18)24(28)30-5/h7-14H,6H2,1-5H3/b21-14-. The fraction of sp³-hybridized carbons (Fsp3) is 0.240. The summed E-state index contributed by atoms with van der Waals surface area (Å²) in [6.07, 6.45) is 1.64. The van der Waals surface area contributed by atoms with Crippen molar-refractivity contribution in [1.29, 1.82) is 0 Å². The number of esters is 2. The van der Waals surface area contributed by atoms with Crippen molar-refractivity contribution in [2.45, 2.75) is 27.7 Å². The number of allylic oxidation sites excluding steroid dienone is 1. The Morgan fingerprint density at radius 2 is 1.65 bits per heavy atom.